The van der Waals surface area contributed by atoms with Crippen LogP contribution in [0.5, 0.6) is 5.75 Å². The van der Waals surface area contributed by atoms with E-state index in [2.05, 4.69) is 5.10 Å². The minimum absolute atomic E-state index is 0.0351. The minimum atomic E-state index is -1.28. The van der Waals surface area contributed by atoms with E-state index in [0.29, 0.717) is 38.9 Å². The van der Waals surface area contributed by atoms with Crippen LogP contribution < -0.4 is 4.74 Å². The molecule has 0 amide bonds. The summed E-state index contributed by atoms with van der Waals surface area (Å²) in [6.45, 7) is 5.38. The van der Waals surface area contributed by atoms with Crippen LogP contribution in [0.15, 0.2) is 42.6 Å². The first-order chi connectivity index (χ1) is 20.0. The number of benzene rings is 2. The molecule has 0 saturated heterocycles. The molecule has 6 rings (SSSR count). The van der Waals surface area contributed by atoms with Crippen molar-refractivity contribution >= 4 is 56.7 Å². The van der Waals surface area contributed by atoms with E-state index in [1.54, 1.807) is 57.3 Å². The smallest absolute Gasteiger partial charge is 0.353 e. The Morgan fingerprint density at radius 3 is 2.71 bits per heavy atom. The molecular weight excluding hydrogens is 565 g/mol. The number of aromatic nitrogens is 3. The fourth-order valence-corrected chi connectivity index (χ4v) is 5.64. The van der Waals surface area contributed by atoms with Crippen molar-refractivity contribution in [1.29, 1.82) is 0 Å². The molecule has 4 aromatic rings. The molecule has 0 unspecified atom stereocenters. The molecule has 0 fully saturated rings. The fourth-order valence-electron chi connectivity index (χ4n) is 5.42. The third-order valence-corrected chi connectivity index (χ3v) is 7.85. The summed E-state index contributed by atoms with van der Waals surface area (Å²) >= 11 is 6.72. The summed E-state index contributed by atoms with van der Waals surface area (Å²) in [4.78, 5) is 38.1. The number of halogens is 2. The summed E-state index contributed by atoms with van der Waals surface area (Å²) in [5, 5.41) is 16.2. The van der Waals surface area contributed by atoms with Gasteiger partial charge in [0.1, 0.15) is 17.3 Å². The van der Waals surface area contributed by atoms with E-state index in [0.717, 1.165) is 0 Å². The number of nitrogens with zero attached hydrogens (tertiary/aromatic N) is 3. The number of carboxylic acid groups (broad SMARTS) is 1. The van der Waals surface area contributed by atoms with Gasteiger partial charge < -0.3 is 19.1 Å². The number of carbonyl (C=O) groups excluding carboxylic acids is 2. The number of allylic oxidation sites excluding steroid dienone is 4. The van der Waals surface area contributed by atoms with Crippen LogP contribution >= 0.6 is 11.6 Å². The van der Waals surface area contributed by atoms with Crippen LogP contribution in [0, 0.1) is 11.2 Å². The number of carbonyl (C=O) groups is 3. The fraction of sp³-hybridized carbons (Fsp3) is 0.290. The molecule has 0 radical (unpaired) electrons. The number of ether oxygens (including phenoxy) is 2. The summed E-state index contributed by atoms with van der Waals surface area (Å²) < 4.78 is 29.5. The van der Waals surface area contributed by atoms with Crippen molar-refractivity contribution in [2.45, 2.75) is 46.9 Å². The van der Waals surface area contributed by atoms with Crippen molar-refractivity contribution in [3.8, 4) is 5.75 Å². The number of esters is 1. The molecule has 0 saturated carbocycles. The van der Waals surface area contributed by atoms with Crippen LogP contribution in [0.4, 0.5) is 4.39 Å². The predicted octanol–water partition coefficient (Wildman–Crippen LogP) is 5.92. The quantitative estimate of drug-likeness (QED) is 0.277. The van der Waals surface area contributed by atoms with Crippen molar-refractivity contribution in [2.24, 2.45) is 5.41 Å². The zero-order chi connectivity index (χ0) is 29.9. The lowest BCUT2D eigenvalue weighted by molar-refractivity contribution is -0.157. The molecule has 11 heteroatoms. The topological polar surface area (TPSA) is 113 Å². The van der Waals surface area contributed by atoms with E-state index in [-0.39, 0.29) is 66.2 Å². The van der Waals surface area contributed by atoms with Crippen LogP contribution in [0.1, 0.15) is 54.4 Å². The number of aromatic carboxylic acids is 1. The lowest BCUT2D eigenvalue weighted by atomic mass is 9.92. The van der Waals surface area contributed by atoms with Gasteiger partial charge in [0.05, 0.1) is 34.6 Å². The second-order valence-electron chi connectivity index (χ2n) is 11.4. The first-order valence-electron chi connectivity index (χ1n) is 13.4. The molecule has 2 aromatic heterocycles. The molecule has 0 bridgehead atoms. The first-order valence-corrected chi connectivity index (χ1v) is 13.8. The number of carboxylic acids is 1. The van der Waals surface area contributed by atoms with E-state index in [1.165, 1.54) is 15.3 Å². The number of Topliss-reactive ketones (excluding diaryl/α,β-unsaturated/α-hetero) is 1. The predicted molar refractivity (Wildman–Crippen MR) is 154 cm³/mol. The van der Waals surface area contributed by atoms with E-state index in [1.807, 2.05) is 0 Å². The molecule has 216 valence electrons. The first kappa shape index (κ1) is 27.7. The van der Waals surface area contributed by atoms with Gasteiger partial charge >= 0.3 is 11.9 Å². The molecule has 42 heavy (non-hydrogen) atoms. The van der Waals surface area contributed by atoms with Crippen LogP contribution in [0.3, 0.4) is 0 Å². The highest BCUT2D eigenvalue weighted by atomic mass is 35.5. The van der Waals surface area contributed by atoms with Crippen LogP contribution in [0.25, 0.3) is 27.4 Å². The van der Waals surface area contributed by atoms with Gasteiger partial charge in [0.25, 0.3) is 0 Å². The Labute approximate surface area is 244 Å². The maximum absolute atomic E-state index is 15.3. The average Bonchev–Trinajstić information content (AvgIpc) is 3.64. The third-order valence-electron chi connectivity index (χ3n) is 7.50. The summed E-state index contributed by atoms with van der Waals surface area (Å²) in [6, 6.07) is 4.73. The van der Waals surface area contributed by atoms with Crippen molar-refractivity contribution in [3.63, 3.8) is 0 Å². The van der Waals surface area contributed by atoms with Crippen molar-refractivity contribution in [1.82, 2.24) is 14.3 Å². The van der Waals surface area contributed by atoms with Gasteiger partial charge in [-0.2, -0.15) is 5.10 Å². The Balaban J connectivity index is 1.49. The largest absolute Gasteiger partial charge is 0.492 e. The van der Waals surface area contributed by atoms with Gasteiger partial charge in [-0.15, -0.1) is 0 Å². The lowest BCUT2D eigenvalue weighted by Crippen LogP contribution is -2.24. The third kappa shape index (κ3) is 4.56. The lowest BCUT2D eigenvalue weighted by Gasteiger charge is -2.16. The molecule has 1 aliphatic carbocycles. The average molecular weight is 592 g/mol. The Bertz CT molecular complexity index is 1890. The van der Waals surface area contributed by atoms with Crippen molar-refractivity contribution < 1.29 is 33.4 Å². The van der Waals surface area contributed by atoms with Gasteiger partial charge in [0, 0.05) is 46.5 Å². The van der Waals surface area contributed by atoms with Crippen LogP contribution in [-0.2, 0) is 34.0 Å². The monoisotopic (exact) mass is 591 g/mol. The van der Waals surface area contributed by atoms with E-state index in [9.17, 15) is 19.5 Å². The number of fused-ring (bicyclic) bond motifs is 4. The van der Waals surface area contributed by atoms with Gasteiger partial charge in [-0.05, 0) is 44.5 Å². The molecule has 9 nitrogen and oxygen atoms in total. The van der Waals surface area contributed by atoms with E-state index < -0.39 is 17.2 Å². The van der Waals surface area contributed by atoms with Gasteiger partial charge in [-0.25, -0.2) is 13.9 Å². The number of hydrogen-bond acceptors (Lipinski definition) is 6. The second kappa shape index (κ2) is 10.1. The number of rotatable bonds is 6. The van der Waals surface area contributed by atoms with E-state index >= 15 is 4.39 Å². The summed E-state index contributed by atoms with van der Waals surface area (Å²) in [5.74, 6) is -2.14. The van der Waals surface area contributed by atoms with Gasteiger partial charge in [0.2, 0.25) is 0 Å². The summed E-state index contributed by atoms with van der Waals surface area (Å²) in [6.07, 6.45) is 7.05. The second-order valence-corrected chi connectivity index (χ2v) is 11.8. The maximum atomic E-state index is 15.3. The summed E-state index contributed by atoms with van der Waals surface area (Å²) in [5.41, 5.74) is 1.40. The Hall–Kier alpha value is -4.44. The van der Waals surface area contributed by atoms with E-state index in [4.69, 9.17) is 21.1 Å². The Morgan fingerprint density at radius 2 is 2.00 bits per heavy atom. The molecule has 0 spiro atoms. The molecule has 2 aromatic carbocycles. The standard InChI is InChI=1S/C31H27ClFN3O6/c1-31(2,3)30(40)42-15-36-22-11-20(32)17(10-16(22)13-34-36)14-35-23-12-21(33)18-8-9-41-28(18)26(23)25(27(35)29(38)39)19-6-4-5-7-24(19)37/h4-6,10-13H,7-9,14-15H2,1-3H3,(H,38,39). The minimum Gasteiger partial charge on any atom is -0.492 e. The highest BCUT2D eigenvalue weighted by molar-refractivity contribution is 6.32. The summed E-state index contributed by atoms with van der Waals surface area (Å²) in [7, 11) is 0. The van der Waals surface area contributed by atoms with Crippen molar-refractivity contribution in [2.75, 3.05) is 6.61 Å². The molecule has 1 aliphatic heterocycles. The molecular formula is C31H27ClFN3O6. The molecule has 2 aliphatic rings. The van der Waals surface area contributed by atoms with Crippen LogP contribution in [0.2, 0.25) is 5.02 Å². The van der Waals surface area contributed by atoms with Gasteiger partial charge in [-0.1, -0.05) is 29.8 Å². The SMILES string of the molecule is CC(C)(C)C(=O)OCn1ncc2cc(Cn3c(C(=O)O)c(C4=CC=CCC4=O)c4c5c(c(F)cc43)CCO5)c(Cl)cc21. The number of hydrogen-bond donors (Lipinski definition) is 1. The molecule has 1 N–H and O–H groups in total. The molecule has 3 heterocycles. The zero-order valence-electron chi connectivity index (χ0n) is 23.2. The maximum Gasteiger partial charge on any atom is 0.353 e. The van der Waals surface area contributed by atoms with Crippen LogP contribution in [-0.4, -0.2) is 43.8 Å². The molecule has 0 atom stereocenters. The number of ketones is 1. The Morgan fingerprint density at radius 1 is 1.21 bits per heavy atom. The highest BCUT2D eigenvalue weighted by Crippen LogP contribution is 2.44. The van der Waals surface area contributed by atoms with Crippen molar-refractivity contribution in [3.05, 3.63) is 75.8 Å². The van der Waals surface area contributed by atoms with Gasteiger partial charge in [0.15, 0.2) is 12.5 Å². The Kier molecular flexibility index (Phi) is 6.68. The normalized spacial score (nSPS) is 14.8. The zero-order valence-corrected chi connectivity index (χ0v) is 23.9. The van der Waals surface area contributed by atoms with Gasteiger partial charge in [-0.3, -0.25) is 9.59 Å². The highest BCUT2D eigenvalue weighted by Gasteiger charge is 2.34.